The molecule has 0 radical (unpaired) electrons. The van der Waals surface area contributed by atoms with Crippen LogP contribution in [0.4, 0.5) is 0 Å². The van der Waals surface area contributed by atoms with E-state index in [1.807, 2.05) is 10.7 Å². The van der Waals surface area contributed by atoms with Crippen LogP contribution in [0.1, 0.15) is 38.3 Å². The summed E-state index contributed by atoms with van der Waals surface area (Å²) in [5, 5.41) is 14.5. The van der Waals surface area contributed by atoms with Crippen molar-refractivity contribution in [3.8, 4) is 0 Å². The van der Waals surface area contributed by atoms with E-state index in [-0.39, 0.29) is 0 Å². The predicted octanol–water partition coefficient (Wildman–Crippen LogP) is 1.66. The molecule has 1 fully saturated rings. The molecule has 3 nitrogen and oxygen atoms in total. The lowest BCUT2D eigenvalue weighted by molar-refractivity contribution is 0.0351. The number of rotatable bonds is 2. The Morgan fingerprint density at radius 1 is 1.54 bits per heavy atom. The Morgan fingerprint density at radius 3 is 2.85 bits per heavy atom. The average Bonchev–Trinajstić information content (AvgIpc) is 2.72. The second-order valence-electron chi connectivity index (χ2n) is 3.77. The number of nitrogens with zero attached hydrogens (tertiary/aromatic N) is 2. The second kappa shape index (κ2) is 3.14. The highest BCUT2D eigenvalue weighted by molar-refractivity contribution is 5.13. The predicted molar refractivity (Wildman–Crippen MR) is 50.3 cm³/mol. The molecule has 0 bridgehead atoms. The Labute approximate surface area is 78.4 Å². The van der Waals surface area contributed by atoms with Crippen LogP contribution in [0.25, 0.3) is 0 Å². The lowest BCUT2D eigenvalue weighted by Gasteiger charge is -2.22. The van der Waals surface area contributed by atoms with Crippen molar-refractivity contribution >= 4 is 0 Å². The lowest BCUT2D eigenvalue weighted by atomic mass is 9.98. The van der Waals surface area contributed by atoms with Crippen molar-refractivity contribution < 1.29 is 5.11 Å². The van der Waals surface area contributed by atoms with Crippen molar-refractivity contribution in [2.75, 3.05) is 0 Å². The third-order valence-corrected chi connectivity index (χ3v) is 2.92. The van der Waals surface area contributed by atoms with Gasteiger partial charge in [0.05, 0.1) is 5.69 Å². The number of hydrogen-bond donors (Lipinski definition) is 1. The monoisotopic (exact) mass is 180 g/mol. The van der Waals surface area contributed by atoms with Gasteiger partial charge in [0.15, 0.2) is 0 Å². The maximum absolute atomic E-state index is 10.3. The summed E-state index contributed by atoms with van der Waals surface area (Å²) in [4.78, 5) is 0. The zero-order chi connectivity index (χ0) is 9.31. The van der Waals surface area contributed by atoms with Crippen molar-refractivity contribution in [3.63, 3.8) is 0 Å². The first-order valence-electron chi connectivity index (χ1n) is 5.01. The molecule has 1 aromatic rings. The van der Waals surface area contributed by atoms with Gasteiger partial charge >= 0.3 is 0 Å². The molecule has 0 atom stereocenters. The fraction of sp³-hybridized carbons (Fsp3) is 0.700. The first kappa shape index (κ1) is 8.75. The van der Waals surface area contributed by atoms with Crippen LogP contribution in [0.2, 0.25) is 0 Å². The van der Waals surface area contributed by atoms with Crippen molar-refractivity contribution in [2.24, 2.45) is 0 Å². The maximum atomic E-state index is 10.3. The van der Waals surface area contributed by atoms with Crippen LogP contribution in [0, 0.1) is 0 Å². The van der Waals surface area contributed by atoms with Crippen LogP contribution in [0.5, 0.6) is 0 Å². The van der Waals surface area contributed by atoms with E-state index in [9.17, 15) is 5.11 Å². The van der Waals surface area contributed by atoms with E-state index in [4.69, 9.17) is 0 Å². The number of aryl methyl sites for hydroxylation is 1. The highest BCUT2D eigenvalue weighted by atomic mass is 16.3. The molecular formula is C10H16N2O. The number of aromatic nitrogens is 2. The highest BCUT2D eigenvalue weighted by Gasteiger charge is 2.35. The molecule has 0 spiro atoms. The molecule has 1 N–H and O–H groups in total. The molecule has 1 aliphatic carbocycles. The molecule has 0 amide bonds. The SMILES string of the molecule is CCn1nccc1C1(O)CCCC1. The summed E-state index contributed by atoms with van der Waals surface area (Å²) in [7, 11) is 0. The van der Waals surface area contributed by atoms with Crippen LogP contribution in [0.15, 0.2) is 12.3 Å². The maximum Gasteiger partial charge on any atom is 0.106 e. The van der Waals surface area contributed by atoms with E-state index in [0.717, 1.165) is 37.9 Å². The normalized spacial score (nSPS) is 20.8. The number of hydrogen-bond acceptors (Lipinski definition) is 2. The fourth-order valence-electron chi connectivity index (χ4n) is 2.20. The molecule has 0 unspecified atom stereocenters. The van der Waals surface area contributed by atoms with Gasteiger partial charge in [-0.15, -0.1) is 0 Å². The smallest absolute Gasteiger partial charge is 0.106 e. The van der Waals surface area contributed by atoms with Gasteiger partial charge in [0, 0.05) is 12.7 Å². The topological polar surface area (TPSA) is 38.0 Å². The van der Waals surface area contributed by atoms with Crippen LogP contribution in [-0.4, -0.2) is 14.9 Å². The van der Waals surface area contributed by atoms with Gasteiger partial charge in [0.2, 0.25) is 0 Å². The average molecular weight is 180 g/mol. The van der Waals surface area contributed by atoms with Crippen molar-refractivity contribution in [2.45, 2.75) is 44.8 Å². The zero-order valence-electron chi connectivity index (χ0n) is 8.03. The molecule has 72 valence electrons. The van der Waals surface area contributed by atoms with E-state index in [2.05, 4.69) is 12.0 Å². The van der Waals surface area contributed by atoms with Crippen LogP contribution in [-0.2, 0) is 12.1 Å². The molecule has 13 heavy (non-hydrogen) atoms. The Balaban J connectivity index is 2.32. The van der Waals surface area contributed by atoms with Crippen molar-refractivity contribution in [1.82, 2.24) is 9.78 Å². The van der Waals surface area contributed by atoms with E-state index in [0.29, 0.717) is 0 Å². The third kappa shape index (κ3) is 1.37. The van der Waals surface area contributed by atoms with E-state index in [1.165, 1.54) is 0 Å². The van der Waals surface area contributed by atoms with Gasteiger partial charge in [0.1, 0.15) is 5.60 Å². The lowest BCUT2D eigenvalue weighted by Crippen LogP contribution is -2.25. The molecule has 2 rings (SSSR count). The third-order valence-electron chi connectivity index (χ3n) is 2.92. The summed E-state index contributed by atoms with van der Waals surface area (Å²) in [6, 6.07) is 1.94. The largest absolute Gasteiger partial charge is 0.384 e. The molecular weight excluding hydrogens is 164 g/mol. The van der Waals surface area contributed by atoms with Crippen molar-refractivity contribution in [1.29, 1.82) is 0 Å². The molecule has 1 aliphatic rings. The first-order chi connectivity index (χ1) is 6.26. The molecule has 1 heterocycles. The van der Waals surface area contributed by atoms with Gasteiger partial charge in [-0.2, -0.15) is 5.10 Å². The minimum Gasteiger partial charge on any atom is -0.384 e. The van der Waals surface area contributed by atoms with Crippen LogP contribution < -0.4 is 0 Å². The quantitative estimate of drug-likeness (QED) is 0.751. The summed E-state index contributed by atoms with van der Waals surface area (Å²) in [5.41, 5.74) is 0.402. The minimum absolute atomic E-state index is 0.591. The molecule has 1 aromatic heterocycles. The zero-order valence-corrected chi connectivity index (χ0v) is 8.03. The Morgan fingerprint density at radius 2 is 2.23 bits per heavy atom. The Hall–Kier alpha value is -0.830. The molecule has 1 saturated carbocycles. The highest BCUT2D eigenvalue weighted by Crippen LogP contribution is 2.38. The Kier molecular flexibility index (Phi) is 2.12. The van der Waals surface area contributed by atoms with Gasteiger partial charge in [0.25, 0.3) is 0 Å². The number of aliphatic hydroxyl groups is 1. The van der Waals surface area contributed by atoms with Gasteiger partial charge < -0.3 is 5.11 Å². The van der Waals surface area contributed by atoms with Gasteiger partial charge in [-0.1, -0.05) is 12.8 Å². The van der Waals surface area contributed by atoms with Gasteiger partial charge in [-0.3, -0.25) is 4.68 Å². The summed E-state index contributed by atoms with van der Waals surface area (Å²) in [6.45, 7) is 2.89. The van der Waals surface area contributed by atoms with Gasteiger partial charge in [-0.05, 0) is 25.8 Å². The standard InChI is InChI=1S/C10H16N2O/c1-2-12-9(5-8-11-12)10(13)6-3-4-7-10/h5,8,13H,2-4,6-7H2,1H3. The van der Waals surface area contributed by atoms with Gasteiger partial charge in [-0.25, -0.2) is 0 Å². The molecule has 3 heteroatoms. The minimum atomic E-state index is -0.591. The molecule has 0 aromatic carbocycles. The molecule has 0 aliphatic heterocycles. The van der Waals surface area contributed by atoms with Crippen LogP contribution >= 0.6 is 0 Å². The summed E-state index contributed by atoms with van der Waals surface area (Å²) >= 11 is 0. The van der Waals surface area contributed by atoms with Crippen molar-refractivity contribution in [3.05, 3.63) is 18.0 Å². The second-order valence-corrected chi connectivity index (χ2v) is 3.77. The first-order valence-corrected chi connectivity index (χ1v) is 5.01. The summed E-state index contributed by atoms with van der Waals surface area (Å²) in [5.74, 6) is 0. The van der Waals surface area contributed by atoms with E-state index in [1.54, 1.807) is 6.20 Å². The van der Waals surface area contributed by atoms with E-state index >= 15 is 0 Å². The Bertz CT molecular complexity index is 287. The van der Waals surface area contributed by atoms with Crippen LogP contribution in [0.3, 0.4) is 0 Å². The summed E-state index contributed by atoms with van der Waals surface area (Å²) in [6.07, 6.45) is 5.81. The van der Waals surface area contributed by atoms with E-state index < -0.39 is 5.60 Å². The summed E-state index contributed by atoms with van der Waals surface area (Å²) < 4.78 is 1.89. The fourth-order valence-corrected chi connectivity index (χ4v) is 2.20. The molecule has 0 saturated heterocycles.